The van der Waals surface area contributed by atoms with Gasteiger partial charge in [0.1, 0.15) is 17.3 Å². The van der Waals surface area contributed by atoms with E-state index < -0.39 is 82.1 Å². The van der Waals surface area contributed by atoms with Crippen LogP contribution < -0.4 is 9.91 Å². The van der Waals surface area contributed by atoms with Crippen molar-refractivity contribution in [2.24, 2.45) is 29.1 Å². The van der Waals surface area contributed by atoms with Crippen molar-refractivity contribution in [2.45, 2.75) is 31.9 Å². The number of carbonyl (C=O) groups excluding carboxylic acids is 4. The predicted molar refractivity (Wildman–Crippen MR) is 186 cm³/mol. The molecule has 4 amide bonds. The lowest BCUT2D eigenvalue weighted by Gasteiger charge is -2.49. The van der Waals surface area contributed by atoms with Crippen LogP contribution in [0.25, 0.3) is 10.8 Å². The Kier molecular flexibility index (Phi) is 7.94. The van der Waals surface area contributed by atoms with Crippen molar-refractivity contribution < 1.29 is 41.8 Å². The number of alkyl halides is 3. The van der Waals surface area contributed by atoms with Crippen LogP contribution in [0.15, 0.2) is 78.4 Å². The smallest absolute Gasteiger partial charge is 0.433 e. The third-order valence-electron chi connectivity index (χ3n) is 11.4. The van der Waals surface area contributed by atoms with Crippen molar-refractivity contribution in [3.05, 3.63) is 105 Å². The quantitative estimate of drug-likeness (QED) is 0.129. The van der Waals surface area contributed by atoms with E-state index in [0.717, 1.165) is 27.1 Å². The molecule has 3 fully saturated rings. The topological polar surface area (TPSA) is 111 Å². The van der Waals surface area contributed by atoms with E-state index in [4.69, 9.17) is 23.2 Å². The van der Waals surface area contributed by atoms with Gasteiger partial charge in [0.2, 0.25) is 11.8 Å². The summed E-state index contributed by atoms with van der Waals surface area (Å²) in [6, 6.07) is 15.4. The van der Waals surface area contributed by atoms with Gasteiger partial charge in [-0.3, -0.25) is 24.2 Å². The molecule has 8 rings (SSSR count). The Hall–Kier alpha value is -5.01. The van der Waals surface area contributed by atoms with Crippen LogP contribution in [0.4, 0.5) is 29.1 Å². The van der Waals surface area contributed by atoms with Crippen LogP contribution in [0.2, 0.25) is 10.0 Å². The maximum Gasteiger partial charge on any atom is 0.433 e. The number of anilines is 2. The number of aromatic hydroxyl groups is 1. The molecule has 4 aromatic rings. The van der Waals surface area contributed by atoms with Crippen molar-refractivity contribution in [1.29, 1.82) is 0 Å². The first-order valence-corrected chi connectivity index (χ1v) is 17.4. The molecule has 0 radical (unpaired) electrons. The van der Waals surface area contributed by atoms with Gasteiger partial charge in [0.15, 0.2) is 5.82 Å². The number of fused-ring (bicyclic) bond motifs is 5. The molecule has 272 valence electrons. The van der Waals surface area contributed by atoms with Gasteiger partial charge in [0.25, 0.3) is 11.8 Å². The van der Waals surface area contributed by atoms with Crippen molar-refractivity contribution in [1.82, 2.24) is 9.99 Å². The summed E-state index contributed by atoms with van der Waals surface area (Å²) in [7, 11) is 1.23. The molecule has 3 heterocycles. The molecule has 2 aliphatic carbocycles. The molecule has 2 saturated heterocycles. The highest BCUT2D eigenvalue weighted by molar-refractivity contribution is 6.33. The Morgan fingerprint density at radius 3 is 2.32 bits per heavy atom. The van der Waals surface area contributed by atoms with Gasteiger partial charge in [-0.2, -0.15) is 18.2 Å². The molecule has 0 unspecified atom stereocenters. The highest BCUT2D eigenvalue weighted by Gasteiger charge is 2.68. The minimum Gasteiger partial charge on any atom is -0.507 e. The molecular formula is C38H28Cl2F4N4O5. The lowest BCUT2D eigenvalue weighted by Crippen LogP contribution is -2.49. The van der Waals surface area contributed by atoms with E-state index in [1.807, 2.05) is 6.08 Å². The Morgan fingerprint density at radius 2 is 1.62 bits per heavy atom. The largest absolute Gasteiger partial charge is 0.507 e. The molecule has 3 aromatic carbocycles. The normalized spacial score (nSPS) is 26.9. The summed E-state index contributed by atoms with van der Waals surface area (Å²) in [5.41, 5.74) is -1.41. The highest BCUT2D eigenvalue weighted by Crippen LogP contribution is 2.64. The molecule has 0 bridgehead atoms. The Labute approximate surface area is 309 Å². The van der Waals surface area contributed by atoms with Crippen molar-refractivity contribution in [2.75, 3.05) is 17.0 Å². The number of halogens is 6. The lowest BCUT2D eigenvalue weighted by molar-refractivity contribution is -0.141. The zero-order valence-corrected chi connectivity index (χ0v) is 29.4. The van der Waals surface area contributed by atoms with Gasteiger partial charge >= 0.3 is 6.18 Å². The zero-order chi connectivity index (χ0) is 37.9. The third-order valence-corrected chi connectivity index (χ3v) is 12.0. The van der Waals surface area contributed by atoms with Crippen LogP contribution in [-0.4, -0.2) is 45.8 Å². The van der Waals surface area contributed by atoms with Crippen molar-refractivity contribution in [3.8, 4) is 5.75 Å². The number of phenols is 1. The first-order chi connectivity index (χ1) is 25.0. The van der Waals surface area contributed by atoms with Crippen LogP contribution in [0, 0.1) is 34.9 Å². The number of hydrogen-bond acceptors (Lipinski definition) is 7. The number of aromatic nitrogens is 1. The molecule has 53 heavy (non-hydrogen) atoms. The number of imide groups is 2. The fourth-order valence-electron chi connectivity index (χ4n) is 8.98. The zero-order valence-electron chi connectivity index (χ0n) is 27.9. The number of rotatable bonds is 4. The first-order valence-electron chi connectivity index (χ1n) is 16.6. The van der Waals surface area contributed by atoms with E-state index in [1.165, 1.54) is 25.2 Å². The molecule has 9 nitrogen and oxygen atoms in total. The van der Waals surface area contributed by atoms with Gasteiger partial charge in [0, 0.05) is 18.4 Å². The molecule has 15 heteroatoms. The molecule has 1 aromatic heterocycles. The number of nitrogens with zero attached hydrogens (tertiary/aromatic N) is 4. The third kappa shape index (κ3) is 5.00. The first kappa shape index (κ1) is 35.0. The van der Waals surface area contributed by atoms with Crippen LogP contribution >= 0.6 is 23.2 Å². The Morgan fingerprint density at radius 1 is 0.906 bits per heavy atom. The monoisotopic (exact) mass is 766 g/mol. The number of pyridine rings is 1. The standard InChI is InChI=1S/C38H28Cl2F4N4O5/c1-37-24(34(51)47(36(37)53)17-7-12-27(41)26(40)15-17)16-23-21(31(37)20-10-13-28(49)19-6-4-3-5-18(19)20)8-9-22-30(23)35(52)48(33(22)50)46(2)32-25(39)11-14-29(45-32)38(42,43)44/h3-8,10-15,22-24,30-31,49H,9,16H2,1-2H3/t22-,23+,24-,30-,31-,37+/m0/s1. The average Bonchev–Trinajstić information content (AvgIpc) is 3.49. The van der Waals surface area contributed by atoms with E-state index in [-0.39, 0.29) is 34.3 Å². The minimum absolute atomic E-state index is 0.00962. The Bertz CT molecular complexity index is 2340. The average molecular weight is 768 g/mol. The van der Waals surface area contributed by atoms with Crippen LogP contribution in [0.3, 0.4) is 0 Å². The summed E-state index contributed by atoms with van der Waals surface area (Å²) in [6.45, 7) is 1.68. The van der Waals surface area contributed by atoms with E-state index >= 15 is 0 Å². The summed E-state index contributed by atoms with van der Waals surface area (Å²) < 4.78 is 55.1. The summed E-state index contributed by atoms with van der Waals surface area (Å²) >= 11 is 12.4. The maximum absolute atomic E-state index is 14.8. The van der Waals surface area contributed by atoms with Crippen LogP contribution in [-0.2, 0) is 25.4 Å². The summed E-state index contributed by atoms with van der Waals surface area (Å²) in [5.74, 6) is -8.40. The summed E-state index contributed by atoms with van der Waals surface area (Å²) in [6.07, 6.45) is -2.97. The number of allylic oxidation sites excluding steroid dienone is 2. The minimum atomic E-state index is -4.83. The number of phenolic OH excluding ortho intramolecular Hbond substituents is 1. The van der Waals surface area contributed by atoms with Gasteiger partial charge < -0.3 is 5.11 Å². The number of carbonyl (C=O) groups is 4. The van der Waals surface area contributed by atoms with Crippen molar-refractivity contribution in [3.63, 3.8) is 0 Å². The number of amides is 4. The fraction of sp³-hybridized carbons (Fsp3) is 0.289. The SMILES string of the molecule is CN(c1nc(C(F)(F)F)ccc1Cl)N1C(=O)[C@H]2[C@H](CC=C3[C@H]2C[C@H]2C(=O)N(c4ccc(F)c(Cl)c4)C(=O)[C@@]2(C)[C@H]3c2ccc(O)c3ccccc23)C1=O. The second-order valence-corrected chi connectivity index (χ2v) is 14.8. The second-order valence-electron chi connectivity index (χ2n) is 14.0. The molecule has 6 atom stereocenters. The molecule has 2 aliphatic heterocycles. The van der Waals surface area contributed by atoms with E-state index in [1.54, 1.807) is 37.3 Å². The van der Waals surface area contributed by atoms with E-state index in [0.29, 0.717) is 28.0 Å². The highest BCUT2D eigenvalue weighted by atomic mass is 35.5. The Balaban J connectivity index is 1.27. The lowest BCUT2D eigenvalue weighted by atomic mass is 9.51. The number of hydrazine groups is 1. The van der Waals surface area contributed by atoms with Gasteiger partial charge in [-0.15, -0.1) is 0 Å². The number of benzene rings is 3. The summed E-state index contributed by atoms with van der Waals surface area (Å²) in [4.78, 5) is 62.4. The second kappa shape index (κ2) is 12.0. The van der Waals surface area contributed by atoms with Crippen LogP contribution in [0.5, 0.6) is 5.75 Å². The van der Waals surface area contributed by atoms with Gasteiger partial charge in [-0.1, -0.05) is 65.2 Å². The fourth-order valence-corrected chi connectivity index (χ4v) is 9.38. The predicted octanol–water partition coefficient (Wildman–Crippen LogP) is 7.69. The van der Waals surface area contributed by atoms with Gasteiger partial charge in [-0.25, -0.2) is 14.3 Å². The van der Waals surface area contributed by atoms with Gasteiger partial charge in [0.05, 0.1) is 38.9 Å². The van der Waals surface area contributed by atoms with Gasteiger partial charge in [-0.05, 0) is 73.0 Å². The maximum atomic E-state index is 14.8. The number of hydrogen-bond donors (Lipinski definition) is 1. The summed E-state index contributed by atoms with van der Waals surface area (Å²) in [5, 5.41) is 13.1. The van der Waals surface area contributed by atoms with E-state index in [9.17, 15) is 41.8 Å². The molecule has 4 aliphatic rings. The molecule has 1 N–H and O–H groups in total. The van der Waals surface area contributed by atoms with E-state index in [2.05, 4.69) is 4.98 Å². The van der Waals surface area contributed by atoms with Crippen molar-refractivity contribution >= 4 is 69.1 Å². The molecule has 0 spiro atoms. The molecule has 1 saturated carbocycles. The molecular weight excluding hydrogens is 739 g/mol. The van der Waals surface area contributed by atoms with Crippen LogP contribution in [0.1, 0.15) is 36.9 Å².